The van der Waals surface area contributed by atoms with Crippen LogP contribution in [0.2, 0.25) is 0 Å². The number of hydrogen-bond donors (Lipinski definition) is 3. The lowest BCUT2D eigenvalue weighted by Gasteiger charge is -2.34. The maximum absolute atomic E-state index is 12.8. The molecule has 3 N–H and O–H groups in total. The van der Waals surface area contributed by atoms with Gasteiger partial charge in [-0.05, 0) is 42.4 Å². The standard InChI is InChI=1S/C26H33N5O3/c1-29-11-13-30(14-12-29)15-21(32)17-34-22-9-7-19(8-10-22)23-16-31(20-5-3-2-4-6-20)25-24(23)26(33)28-18-27-25/h2-10,16,21,24-25,27,32H,11-15,17-18H2,1H3,(H,28,33). The van der Waals surface area contributed by atoms with E-state index in [1.165, 1.54) is 0 Å². The van der Waals surface area contributed by atoms with E-state index in [2.05, 4.69) is 50.7 Å². The van der Waals surface area contributed by atoms with Crippen molar-refractivity contribution in [3.63, 3.8) is 0 Å². The number of benzene rings is 2. The number of carbonyl (C=O) groups excluding carboxylic acids is 1. The molecule has 34 heavy (non-hydrogen) atoms. The highest BCUT2D eigenvalue weighted by atomic mass is 16.5. The van der Waals surface area contributed by atoms with E-state index in [4.69, 9.17) is 4.74 Å². The quantitative estimate of drug-likeness (QED) is 0.569. The third-order valence-corrected chi connectivity index (χ3v) is 6.83. The van der Waals surface area contributed by atoms with Gasteiger partial charge in [0.25, 0.3) is 0 Å². The molecule has 5 rings (SSSR count). The number of β-amino-alcohol motifs (C(OH)–C–C–N with tert-alkyl or cyclic N) is 1. The summed E-state index contributed by atoms with van der Waals surface area (Å²) < 4.78 is 5.86. The summed E-state index contributed by atoms with van der Waals surface area (Å²) in [7, 11) is 2.12. The highest BCUT2D eigenvalue weighted by molar-refractivity contribution is 5.96. The molecular weight excluding hydrogens is 430 g/mol. The summed E-state index contributed by atoms with van der Waals surface area (Å²) in [5.74, 6) is 0.439. The maximum atomic E-state index is 12.8. The topological polar surface area (TPSA) is 80.3 Å². The summed E-state index contributed by atoms with van der Waals surface area (Å²) >= 11 is 0. The van der Waals surface area contributed by atoms with E-state index in [0.29, 0.717) is 19.0 Å². The van der Waals surface area contributed by atoms with E-state index < -0.39 is 6.10 Å². The van der Waals surface area contributed by atoms with Crippen molar-refractivity contribution in [1.29, 1.82) is 0 Å². The molecule has 0 aliphatic carbocycles. The molecule has 0 saturated carbocycles. The lowest BCUT2D eigenvalue weighted by molar-refractivity contribution is -0.125. The number of ether oxygens (including phenoxy) is 1. The molecule has 8 heteroatoms. The minimum Gasteiger partial charge on any atom is -0.491 e. The molecule has 0 bridgehead atoms. The summed E-state index contributed by atoms with van der Waals surface area (Å²) in [5, 5.41) is 16.8. The molecule has 3 aliphatic heterocycles. The predicted octanol–water partition coefficient (Wildman–Crippen LogP) is 1.15. The van der Waals surface area contributed by atoms with Gasteiger partial charge in [-0.3, -0.25) is 15.0 Å². The minimum atomic E-state index is -0.530. The third kappa shape index (κ3) is 4.95. The van der Waals surface area contributed by atoms with E-state index in [0.717, 1.165) is 43.0 Å². The van der Waals surface area contributed by atoms with Gasteiger partial charge in [-0.1, -0.05) is 30.3 Å². The summed E-state index contributed by atoms with van der Waals surface area (Å²) in [6.07, 6.45) is 1.42. The van der Waals surface area contributed by atoms with Gasteiger partial charge >= 0.3 is 0 Å². The fourth-order valence-corrected chi connectivity index (χ4v) is 4.90. The van der Waals surface area contributed by atoms with Crippen molar-refractivity contribution >= 4 is 17.2 Å². The zero-order chi connectivity index (χ0) is 23.5. The lowest BCUT2D eigenvalue weighted by atomic mass is 9.91. The molecule has 0 radical (unpaired) electrons. The number of nitrogens with zero attached hydrogens (tertiary/aromatic N) is 3. The summed E-state index contributed by atoms with van der Waals surface area (Å²) in [6.45, 7) is 5.34. The van der Waals surface area contributed by atoms with Crippen molar-refractivity contribution in [3.8, 4) is 5.75 Å². The number of aliphatic hydroxyl groups is 1. The van der Waals surface area contributed by atoms with Crippen LogP contribution in [-0.4, -0.2) is 86.1 Å². The van der Waals surface area contributed by atoms with Crippen LogP contribution in [0.3, 0.4) is 0 Å². The number of anilines is 1. The van der Waals surface area contributed by atoms with Crippen molar-refractivity contribution < 1.29 is 14.6 Å². The van der Waals surface area contributed by atoms with Crippen LogP contribution in [-0.2, 0) is 4.79 Å². The molecule has 8 nitrogen and oxygen atoms in total. The van der Waals surface area contributed by atoms with Crippen LogP contribution in [0.15, 0.2) is 60.8 Å². The average molecular weight is 464 g/mol. The Bertz CT molecular complexity index is 1000. The van der Waals surface area contributed by atoms with Gasteiger partial charge in [0.05, 0.1) is 12.6 Å². The molecule has 2 fully saturated rings. The van der Waals surface area contributed by atoms with Gasteiger partial charge in [0, 0.05) is 44.6 Å². The lowest BCUT2D eigenvalue weighted by Crippen LogP contribution is -2.58. The molecular formula is C26H33N5O3. The minimum absolute atomic E-state index is 0.0285. The average Bonchev–Trinajstić information content (AvgIpc) is 3.26. The van der Waals surface area contributed by atoms with E-state index in [-0.39, 0.29) is 24.6 Å². The van der Waals surface area contributed by atoms with Gasteiger partial charge in [-0.25, -0.2) is 0 Å². The number of aliphatic hydroxyl groups excluding tert-OH is 1. The zero-order valence-corrected chi connectivity index (χ0v) is 19.6. The zero-order valence-electron chi connectivity index (χ0n) is 19.6. The summed E-state index contributed by atoms with van der Waals surface area (Å²) in [6, 6.07) is 17.9. The normalized spacial score (nSPS) is 24.4. The Balaban J connectivity index is 1.24. The monoisotopic (exact) mass is 463 g/mol. The van der Waals surface area contributed by atoms with Crippen LogP contribution in [0.25, 0.3) is 5.57 Å². The molecule has 0 spiro atoms. The number of likely N-dealkylation sites (N-methyl/N-ethyl adjacent to an activating group) is 1. The van der Waals surface area contributed by atoms with Crippen LogP contribution in [0.4, 0.5) is 5.69 Å². The van der Waals surface area contributed by atoms with Gasteiger partial charge in [0.2, 0.25) is 5.91 Å². The van der Waals surface area contributed by atoms with Crippen molar-refractivity contribution in [3.05, 3.63) is 66.4 Å². The van der Waals surface area contributed by atoms with E-state index in [9.17, 15) is 9.90 Å². The molecule has 180 valence electrons. The van der Waals surface area contributed by atoms with Gasteiger partial charge in [0.15, 0.2) is 0 Å². The molecule has 3 unspecified atom stereocenters. The molecule has 0 aromatic heterocycles. The Hall–Kier alpha value is -2.91. The second-order valence-electron chi connectivity index (χ2n) is 9.26. The molecule has 2 saturated heterocycles. The van der Waals surface area contributed by atoms with Crippen LogP contribution >= 0.6 is 0 Å². The first kappa shape index (κ1) is 22.9. The van der Waals surface area contributed by atoms with E-state index in [1.807, 2.05) is 42.5 Å². The second kappa shape index (κ2) is 10.1. The second-order valence-corrected chi connectivity index (χ2v) is 9.26. The molecule has 2 aromatic carbocycles. The molecule has 3 aliphatic rings. The van der Waals surface area contributed by atoms with Crippen LogP contribution in [0.1, 0.15) is 5.56 Å². The van der Waals surface area contributed by atoms with Gasteiger partial charge in [-0.2, -0.15) is 0 Å². The first-order chi connectivity index (χ1) is 16.6. The smallest absolute Gasteiger partial charge is 0.232 e. The fraction of sp³-hybridized carbons (Fsp3) is 0.423. The van der Waals surface area contributed by atoms with Crippen LogP contribution < -0.4 is 20.3 Å². The Kier molecular flexibility index (Phi) is 6.82. The van der Waals surface area contributed by atoms with Gasteiger partial charge in [-0.15, -0.1) is 0 Å². The number of nitrogens with one attached hydrogen (secondary N) is 2. The number of hydrogen-bond acceptors (Lipinski definition) is 7. The van der Waals surface area contributed by atoms with Gasteiger partial charge < -0.3 is 25.0 Å². The Morgan fingerprint density at radius 3 is 2.53 bits per heavy atom. The maximum Gasteiger partial charge on any atom is 0.232 e. The van der Waals surface area contributed by atoms with E-state index in [1.54, 1.807) is 0 Å². The summed E-state index contributed by atoms with van der Waals surface area (Å²) in [4.78, 5) is 19.5. The fourth-order valence-electron chi connectivity index (χ4n) is 4.90. The first-order valence-electron chi connectivity index (χ1n) is 12.0. The van der Waals surface area contributed by atoms with Crippen molar-refractivity contribution in [1.82, 2.24) is 20.4 Å². The molecule has 3 atom stereocenters. The number of para-hydroxylation sites is 1. The number of carbonyl (C=O) groups is 1. The highest BCUT2D eigenvalue weighted by Crippen LogP contribution is 2.38. The number of amides is 1. The van der Waals surface area contributed by atoms with Crippen molar-refractivity contribution in [2.24, 2.45) is 5.92 Å². The summed E-state index contributed by atoms with van der Waals surface area (Å²) in [5.41, 5.74) is 3.00. The molecule has 1 amide bonds. The van der Waals surface area contributed by atoms with Crippen molar-refractivity contribution in [2.45, 2.75) is 12.3 Å². The molecule has 3 heterocycles. The van der Waals surface area contributed by atoms with E-state index >= 15 is 0 Å². The third-order valence-electron chi connectivity index (χ3n) is 6.83. The van der Waals surface area contributed by atoms with Gasteiger partial charge in [0.1, 0.15) is 24.6 Å². The Morgan fingerprint density at radius 1 is 1.06 bits per heavy atom. The highest BCUT2D eigenvalue weighted by Gasteiger charge is 2.43. The molecule has 2 aromatic rings. The van der Waals surface area contributed by atoms with Crippen LogP contribution in [0, 0.1) is 5.92 Å². The number of piperazine rings is 1. The predicted molar refractivity (Wildman–Crippen MR) is 132 cm³/mol. The van der Waals surface area contributed by atoms with Crippen LogP contribution in [0.5, 0.6) is 5.75 Å². The first-order valence-corrected chi connectivity index (χ1v) is 12.0. The Morgan fingerprint density at radius 2 is 1.79 bits per heavy atom. The largest absolute Gasteiger partial charge is 0.491 e. The number of fused-ring (bicyclic) bond motifs is 1. The van der Waals surface area contributed by atoms with Crippen molar-refractivity contribution in [2.75, 3.05) is 57.9 Å². The Labute approximate surface area is 200 Å². The number of rotatable bonds is 7. The SMILES string of the molecule is CN1CCN(CC(O)COc2ccc(C3=CN(c4ccccc4)C4NCNC(=O)C34)cc2)CC1.